The molecule has 6 nitrogen and oxygen atoms in total. The molecule has 0 saturated carbocycles. The molecule has 2 amide bonds. The van der Waals surface area contributed by atoms with Gasteiger partial charge in [-0.2, -0.15) is 0 Å². The smallest absolute Gasteiger partial charge is 0.284 e. The van der Waals surface area contributed by atoms with Crippen LogP contribution < -0.4 is 11.1 Å². The maximum absolute atomic E-state index is 12.1. The van der Waals surface area contributed by atoms with Crippen LogP contribution in [0.1, 0.15) is 20.2 Å². The summed E-state index contributed by atoms with van der Waals surface area (Å²) in [7, 11) is 0. The number of pyridine rings is 1. The molecule has 0 bridgehead atoms. The summed E-state index contributed by atoms with van der Waals surface area (Å²) in [4.78, 5) is 31.3. The van der Waals surface area contributed by atoms with Gasteiger partial charge in [0.1, 0.15) is 5.52 Å². The van der Waals surface area contributed by atoms with Crippen LogP contribution in [-0.2, 0) is 0 Å². The van der Waals surface area contributed by atoms with Gasteiger partial charge in [-0.3, -0.25) is 14.6 Å². The number of fused-ring (bicyclic) bond motifs is 1. The minimum absolute atomic E-state index is 0.303. The molecule has 104 valence electrons. The zero-order chi connectivity index (χ0) is 14.8. The Morgan fingerprint density at radius 1 is 1.14 bits per heavy atom. The molecule has 0 radical (unpaired) electrons. The second kappa shape index (κ2) is 5.29. The molecule has 2 aromatic heterocycles. The van der Waals surface area contributed by atoms with Crippen molar-refractivity contribution >= 4 is 39.1 Å². The zero-order valence-electron chi connectivity index (χ0n) is 10.7. The Balaban J connectivity index is 1.80. The molecule has 0 atom stereocenters. The van der Waals surface area contributed by atoms with E-state index < -0.39 is 5.91 Å². The molecule has 1 aromatic carbocycles. The molecule has 0 aliphatic rings. The predicted octanol–water partition coefficient (Wildman–Crippen LogP) is 2.04. The highest BCUT2D eigenvalue weighted by atomic mass is 32.1. The van der Waals surface area contributed by atoms with Crippen molar-refractivity contribution in [1.82, 2.24) is 9.97 Å². The Kier molecular flexibility index (Phi) is 3.33. The number of benzene rings is 1. The summed E-state index contributed by atoms with van der Waals surface area (Å²) in [6.07, 6.45) is 3.27. The van der Waals surface area contributed by atoms with E-state index in [-0.39, 0.29) is 5.91 Å². The van der Waals surface area contributed by atoms with E-state index in [2.05, 4.69) is 15.3 Å². The number of rotatable bonds is 3. The van der Waals surface area contributed by atoms with E-state index in [1.807, 2.05) is 6.07 Å². The van der Waals surface area contributed by atoms with Crippen LogP contribution in [0, 0.1) is 0 Å². The van der Waals surface area contributed by atoms with Gasteiger partial charge in [0, 0.05) is 17.4 Å². The van der Waals surface area contributed by atoms with Crippen LogP contribution >= 0.6 is 11.3 Å². The Morgan fingerprint density at radius 2 is 1.90 bits per heavy atom. The average Bonchev–Trinajstić information content (AvgIpc) is 2.92. The first-order chi connectivity index (χ1) is 10.1. The van der Waals surface area contributed by atoms with Crippen LogP contribution in [0.2, 0.25) is 0 Å². The summed E-state index contributed by atoms with van der Waals surface area (Å²) >= 11 is 1.30. The lowest BCUT2D eigenvalue weighted by molar-refractivity contribution is 0.0998. The summed E-state index contributed by atoms with van der Waals surface area (Å²) in [5.41, 5.74) is 6.81. The normalized spacial score (nSPS) is 10.5. The molecule has 0 saturated heterocycles. The average molecular weight is 298 g/mol. The molecular formula is C14H10N4O2S. The number of hydrogen-bond acceptors (Lipinski definition) is 5. The van der Waals surface area contributed by atoms with Crippen molar-refractivity contribution in [2.45, 2.75) is 0 Å². The van der Waals surface area contributed by atoms with Gasteiger partial charge < -0.3 is 11.1 Å². The van der Waals surface area contributed by atoms with Crippen LogP contribution in [-0.4, -0.2) is 21.8 Å². The number of aromatic nitrogens is 2. The minimum atomic E-state index is -0.508. The van der Waals surface area contributed by atoms with Gasteiger partial charge in [-0.25, -0.2) is 4.98 Å². The number of nitrogens with zero attached hydrogens (tertiary/aromatic N) is 2. The monoisotopic (exact) mass is 298 g/mol. The number of nitrogens with two attached hydrogens (primary N) is 1. The summed E-state index contributed by atoms with van der Waals surface area (Å²) in [6, 6.07) is 8.16. The fraction of sp³-hybridized carbons (Fsp3) is 0. The molecule has 2 heterocycles. The summed E-state index contributed by atoms with van der Waals surface area (Å²) in [6.45, 7) is 0. The summed E-state index contributed by atoms with van der Waals surface area (Å²) in [5.74, 6) is -0.811. The van der Waals surface area contributed by atoms with Crippen molar-refractivity contribution in [2.75, 3.05) is 5.32 Å². The molecule has 3 rings (SSSR count). The van der Waals surface area contributed by atoms with Crippen molar-refractivity contribution in [3.63, 3.8) is 0 Å². The number of thiazole rings is 1. The quantitative estimate of drug-likeness (QED) is 0.773. The van der Waals surface area contributed by atoms with Crippen LogP contribution in [0.15, 0.2) is 42.7 Å². The molecular weight excluding hydrogens is 288 g/mol. The molecule has 7 heteroatoms. The van der Waals surface area contributed by atoms with Gasteiger partial charge in [0.05, 0.1) is 10.9 Å². The lowest BCUT2D eigenvalue weighted by atomic mass is 10.2. The first-order valence-corrected chi connectivity index (χ1v) is 6.87. The van der Waals surface area contributed by atoms with Crippen molar-refractivity contribution in [1.29, 1.82) is 0 Å². The number of nitrogens with one attached hydrogen (secondary N) is 1. The molecule has 0 fully saturated rings. The lowest BCUT2D eigenvalue weighted by Gasteiger charge is -2.03. The zero-order valence-corrected chi connectivity index (χ0v) is 11.6. The van der Waals surface area contributed by atoms with Gasteiger partial charge in [0.2, 0.25) is 5.91 Å². The molecule has 0 aliphatic heterocycles. The largest absolute Gasteiger partial charge is 0.366 e. The van der Waals surface area contributed by atoms with E-state index in [9.17, 15) is 9.59 Å². The standard InChI is InChI=1S/C14H10N4O2S/c15-12(19)8-1-3-9(4-2-8)17-13(20)14-18-10-7-16-6-5-11(10)21-14/h1-7H,(H2,15,19)(H,17,20). The van der Waals surface area contributed by atoms with Crippen LogP contribution in [0.25, 0.3) is 10.2 Å². The van der Waals surface area contributed by atoms with Crippen LogP contribution in [0.5, 0.6) is 0 Å². The Morgan fingerprint density at radius 3 is 2.57 bits per heavy atom. The second-order valence-electron chi connectivity index (χ2n) is 4.26. The molecule has 21 heavy (non-hydrogen) atoms. The van der Waals surface area contributed by atoms with Gasteiger partial charge in [-0.1, -0.05) is 0 Å². The second-order valence-corrected chi connectivity index (χ2v) is 5.29. The third-order valence-corrected chi connectivity index (χ3v) is 3.85. The van der Waals surface area contributed by atoms with Crippen molar-refractivity contribution in [3.8, 4) is 0 Å². The summed E-state index contributed by atoms with van der Waals surface area (Å²) in [5, 5.41) is 3.08. The topological polar surface area (TPSA) is 98.0 Å². The van der Waals surface area contributed by atoms with Gasteiger partial charge >= 0.3 is 0 Å². The first-order valence-electron chi connectivity index (χ1n) is 6.05. The fourth-order valence-corrected chi connectivity index (χ4v) is 2.61. The number of carbonyl (C=O) groups is 2. The number of amides is 2. The maximum atomic E-state index is 12.1. The highest BCUT2D eigenvalue weighted by Crippen LogP contribution is 2.21. The summed E-state index contributed by atoms with van der Waals surface area (Å²) < 4.78 is 0.902. The fourth-order valence-electron chi connectivity index (χ4n) is 1.78. The number of carbonyl (C=O) groups excluding carboxylic acids is 2. The van der Waals surface area contributed by atoms with E-state index in [1.54, 1.807) is 36.7 Å². The molecule has 3 N–H and O–H groups in total. The van der Waals surface area contributed by atoms with E-state index in [4.69, 9.17) is 5.73 Å². The Bertz CT molecular complexity index is 793. The molecule has 0 unspecified atom stereocenters. The minimum Gasteiger partial charge on any atom is -0.366 e. The van der Waals surface area contributed by atoms with Crippen molar-refractivity contribution < 1.29 is 9.59 Å². The first kappa shape index (κ1) is 13.2. The van der Waals surface area contributed by atoms with Gasteiger partial charge in [-0.15, -0.1) is 11.3 Å². The Labute approximate surface area is 123 Å². The van der Waals surface area contributed by atoms with Gasteiger partial charge in [0.25, 0.3) is 5.91 Å². The third kappa shape index (κ3) is 2.72. The third-order valence-electron chi connectivity index (χ3n) is 2.81. The molecule has 3 aromatic rings. The van der Waals surface area contributed by atoms with Crippen LogP contribution in [0.3, 0.4) is 0 Å². The van der Waals surface area contributed by atoms with E-state index in [1.165, 1.54) is 11.3 Å². The number of hydrogen-bond donors (Lipinski definition) is 2. The Hall–Kier alpha value is -2.80. The van der Waals surface area contributed by atoms with Crippen LogP contribution in [0.4, 0.5) is 5.69 Å². The molecule has 0 spiro atoms. The lowest BCUT2D eigenvalue weighted by Crippen LogP contribution is -2.13. The van der Waals surface area contributed by atoms with E-state index in [0.717, 1.165) is 4.70 Å². The van der Waals surface area contributed by atoms with E-state index in [0.29, 0.717) is 21.8 Å². The SMILES string of the molecule is NC(=O)c1ccc(NC(=O)c2nc3cnccc3s2)cc1. The van der Waals surface area contributed by atoms with Gasteiger partial charge in [0.15, 0.2) is 5.01 Å². The van der Waals surface area contributed by atoms with Gasteiger partial charge in [-0.05, 0) is 30.3 Å². The molecule has 0 aliphatic carbocycles. The number of anilines is 1. The van der Waals surface area contributed by atoms with Crippen molar-refractivity contribution in [3.05, 3.63) is 53.3 Å². The predicted molar refractivity (Wildman–Crippen MR) is 80.3 cm³/mol. The number of primary amides is 1. The van der Waals surface area contributed by atoms with Crippen molar-refractivity contribution in [2.24, 2.45) is 5.73 Å². The highest BCUT2D eigenvalue weighted by Gasteiger charge is 2.12. The van der Waals surface area contributed by atoms with E-state index >= 15 is 0 Å². The maximum Gasteiger partial charge on any atom is 0.284 e. The highest BCUT2D eigenvalue weighted by molar-refractivity contribution is 7.20.